The molecule has 34 heavy (non-hydrogen) atoms. The lowest BCUT2D eigenvalue weighted by Crippen LogP contribution is -2.44. The number of carbonyl (C=O) groups excluding carboxylic acids is 2. The summed E-state index contributed by atoms with van der Waals surface area (Å²) in [6.07, 6.45) is 0.866. The number of benzene rings is 2. The zero-order chi connectivity index (χ0) is 24.7. The topological polar surface area (TPSA) is 92.8 Å². The maximum absolute atomic E-state index is 14.0. The second-order valence-corrected chi connectivity index (χ2v) is 10.0. The molecule has 1 aliphatic rings. The van der Waals surface area contributed by atoms with Gasteiger partial charge in [-0.1, -0.05) is 30.3 Å². The number of hydrogen-bond acceptors (Lipinski definition) is 5. The number of rotatable bonds is 9. The van der Waals surface area contributed by atoms with Gasteiger partial charge in [-0.3, -0.25) is 9.59 Å². The molecule has 0 spiro atoms. The van der Waals surface area contributed by atoms with Gasteiger partial charge in [0, 0.05) is 25.6 Å². The maximum Gasteiger partial charge on any atom is 0.311 e. The molecule has 0 radical (unpaired) electrons. The van der Waals surface area contributed by atoms with Crippen molar-refractivity contribution >= 4 is 21.9 Å². The van der Waals surface area contributed by atoms with Gasteiger partial charge in [0.15, 0.2) is 0 Å². The summed E-state index contributed by atoms with van der Waals surface area (Å²) < 4.78 is 59.1. The average Bonchev–Trinajstić information content (AvgIpc) is 2.83. The minimum Gasteiger partial charge on any atom is -0.466 e. The summed E-state index contributed by atoms with van der Waals surface area (Å²) in [5.41, 5.74) is 0.942. The fourth-order valence-electron chi connectivity index (χ4n) is 3.94. The fraction of sp³-hybridized carbons (Fsp3) is 0.417. The van der Waals surface area contributed by atoms with Crippen molar-refractivity contribution in [2.75, 3.05) is 26.2 Å². The summed E-state index contributed by atoms with van der Waals surface area (Å²) >= 11 is 0. The minimum absolute atomic E-state index is 0.00168. The standard InChI is InChI=1S/C24H28F2N2O5S/c1-2-33-24(30)19(14-17-6-4-3-5-7-17)16-27-23(29)18-10-12-28(13-11-18)34(31,32)22-15-20(25)8-9-21(22)26/h3-9,15,18-19H,2,10-14,16H2,1H3,(H,27,29). The van der Waals surface area contributed by atoms with E-state index in [0.717, 1.165) is 22.0 Å². The Bertz CT molecular complexity index is 1100. The van der Waals surface area contributed by atoms with Gasteiger partial charge in [0.05, 0.1) is 12.5 Å². The molecule has 1 unspecified atom stereocenters. The van der Waals surface area contributed by atoms with E-state index < -0.39 is 44.4 Å². The van der Waals surface area contributed by atoms with E-state index in [4.69, 9.17) is 4.74 Å². The predicted molar refractivity (Wildman–Crippen MR) is 121 cm³/mol. The molecule has 7 nitrogen and oxygen atoms in total. The predicted octanol–water partition coefficient (Wildman–Crippen LogP) is 2.90. The lowest BCUT2D eigenvalue weighted by Gasteiger charge is -2.31. The van der Waals surface area contributed by atoms with Gasteiger partial charge in [-0.25, -0.2) is 17.2 Å². The Morgan fingerprint density at radius 3 is 2.44 bits per heavy atom. The van der Waals surface area contributed by atoms with Crippen molar-refractivity contribution in [1.29, 1.82) is 0 Å². The number of piperidine rings is 1. The number of carbonyl (C=O) groups is 2. The molecule has 1 heterocycles. The van der Waals surface area contributed by atoms with Crippen LogP contribution in [0.25, 0.3) is 0 Å². The molecule has 0 aromatic heterocycles. The Balaban J connectivity index is 1.58. The molecule has 1 N–H and O–H groups in total. The number of hydrogen-bond donors (Lipinski definition) is 1. The molecule has 184 valence electrons. The molecule has 2 aromatic rings. The summed E-state index contributed by atoms with van der Waals surface area (Å²) in [6.45, 7) is 2.05. The first-order valence-corrected chi connectivity index (χ1v) is 12.6. The summed E-state index contributed by atoms with van der Waals surface area (Å²) in [7, 11) is -4.22. The molecule has 1 fully saturated rings. The van der Waals surface area contributed by atoms with Crippen LogP contribution in [0.2, 0.25) is 0 Å². The highest BCUT2D eigenvalue weighted by atomic mass is 32.2. The van der Waals surface area contributed by atoms with Gasteiger partial charge in [-0.15, -0.1) is 0 Å². The van der Waals surface area contributed by atoms with Gasteiger partial charge >= 0.3 is 5.97 Å². The summed E-state index contributed by atoms with van der Waals surface area (Å²) in [5.74, 6) is -3.56. The van der Waals surface area contributed by atoms with Crippen LogP contribution in [0.5, 0.6) is 0 Å². The summed E-state index contributed by atoms with van der Waals surface area (Å²) in [6, 6.07) is 11.7. The number of nitrogens with one attached hydrogen (secondary N) is 1. The van der Waals surface area contributed by atoms with Crippen LogP contribution in [-0.2, 0) is 30.8 Å². The van der Waals surface area contributed by atoms with E-state index in [2.05, 4.69) is 5.32 Å². The molecule has 1 saturated heterocycles. The first-order valence-electron chi connectivity index (χ1n) is 11.2. The molecule has 0 aliphatic carbocycles. The fourth-order valence-corrected chi connectivity index (χ4v) is 5.48. The molecular weight excluding hydrogens is 466 g/mol. The number of ether oxygens (including phenoxy) is 1. The van der Waals surface area contributed by atoms with Crippen molar-refractivity contribution < 1.29 is 31.5 Å². The van der Waals surface area contributed by atoms with Gasteiger partial charge in [-0.05, 0) is 49.9 Å². The highest BCUT2D eigenvalue weighted by molar-refractivity contribution is 7.89. The van der Waals surface area contributed by atoms with Crippen LogP contribution in [-0.4, -0.2) is 50.8 Å². The highest BCUT2D eigenvalue weighted by Crippen LogP contribution is 2.26. The highest BCUT2D eigenvalue weighted by Gasteiger charge is 2.34. The zero-order valence-corrected chi connectivity index (χ0v) is 19.7. The van der Waals surface area contributed by atoms with Crippen LogP contribution >= 0.6 is 0 Å². The van der Waals surface area contributed by atoms with Gasteiger partial charge < -0.3 is 10.1 Å². The lowest BCUT2D eigenvalue weighted by atomic mass is 9.96. The molecule has 1 aliphatic heterocycles. The van der Waals surface area contributed by atoms with E-state index >= 15 is 0 Å². The van der Waals surface area contributed by atoms with Crippen LogP contribution in [0.4, 0.5) is 8.78 Å². The Labute approximate surface area is 198 Å². The van der Waals surface area contributed by atoms with Crippen LogP contribution in [0.3, 0.4) is 0 Å². The monoisotopic (exact) mass is 494 g/mol. The Morgan fingerprint density at radius 2 is 1.79 bits per heavy atom. The molecular formula is C24H28F2N2O5S. The van der Waals surface area contributed by atoms with Gasteiger partial charge in [-0.2, -0.15) is 4.31 Å². The second kappa shape index (κ2) is 11.5. The van der Waals surface area contributed by atoms with Crippen molar-refractivity contribution in [3.63, 3.8) is 0 Å². The normalized spacial score (nSPS) is 16.1. The van der Waals surface area contributed by atoms with Gasteiger partial charge in [0.2, 0.25) is 15.9 Å². The lowest BCUT2D eigenvalue weighted by molar-refractivity contribution is -0.148. The van der Waals surface area contributed by atoms with Gasteiger partial charge in [0.25, 0.3) is 0 Å². The molecule has 10 heteroatoms. The molecule has 0 bridgehead atoms. The first-order chi connectivity index (χ1) is 16.2. The third-order valence-electron chi connectivity index (χ3n) is 5.80. The van der Waals surface area contributed by atoms with Crippen LogP contribution in [0.15, 0.2) is 53.4 Å². The maximum atomic E-state index is 14.0. The third-order valence-corrected chi connectivity index (χ3v) is 7.72. The van der Waals surface area contributed by atoms with Crippen LogP contribution in [0, 0.1) is 23.5 Å². The number of nitrogens with zero attached hydrogens (tertiary/aromatic N) is 1. The van der Waals surface area contributed by atoms with E-state index in [1.807, 2.05) is 30.3 Å². The Morgan fingerprint density at radius 1 is 1.12 bits per heavy atom. The Hall–Kier alpha value is -2.85. The van der Waals surface area contributed by atoms with Crippen molar-refractivity contribution in [2.45, 2.75) is 31.1 Å². The van der Waals surface area contributed by atoms with E-state index in [-0.39, 0.29) is 45.0 Å². The first kappa shape index (κ1) is 25.8. The summed E-state index contributed by atoms with van der Waals surface area (Å²) in [5, 5.41) is 2.80. The molecule has 1 atom stereocenters. The van der Waals surface area contributed by atoms with Crippen molar-refractivity contribution in [3.05, 3.63) is 65.7 Å². The zero-order valence-electron chi connectivity index (χ0n) is 18.9. The van der Waals surface area contributed by atoms with Gasteiger partial charge in [0.1, 0.15) is 16.5 Å². The smallest absolute Gasteiger partial charge is 0.311 e. The van der Waals surface area contributed by atoms with Crippen molar-refractivity contribution in [2.24, 2.45) is 11.8 Å². The van der Waals surface area contributed by atoms with E-state index in [1.165, 1.54) is 0 Å². The molecule has 2 aromatic carbocycles. The second-order valence-electron chi connectivity index (χ2n) is 8.14. The third kappa shape index (κ3) is 6.38. The summed E-state index contributed by atoms with van der Waals surface area (Å²) in [4.78, 5) is 24.4. The quantitative estimate of drug-likeness (QED) is 0.541. The number of sulfonamides is 1. The van der Waals surface area contributed by atoms with E-state index in [1.54, 1.807) is 6.92 Å². The number of esters is 1. The van der Waals surface area contributed by atoms with Crippen molar-refractivity contribution in [3.8, 4) is 0 Å². The Kier molecular flexibility index (Phi) is 8.73. The van der Waals surface area contributed by atoms with Crippen LogP contribution < -0.4 is 5.32 Å². The largest absolute Gasteiger partial charge is 0.466 e. The van der Waals surface area contributed by atoms with Crippen molar-refractivity contribution in [1.82, 2.24) is 9.62 Å². The number of halogens is 2. The molecule has 0 saturated carbocycles. The SMILES string of the molecule is CCOC(=O)C(CNC(=O)C1CCN(S(=O)(=O)c2cc(F)ccc2F)CC1)Cc1ccccc1. The van der Waals surface area contributed by atoms with Crippen LogP contribution in [0.1, 0.15) is 25.3 Å². The average molecular weight is 495 g/mol. The molecule has 3 rings (SSSR count). The minimum atomic E-state index is -4.22. The molecule has 1 amide bonds. The number of amides is 1. The van der Waals surface area contributed by atoms with E-state index in [0.29, 0.717) is 12.5 Å². The van der Waals surface area contributed by atoms with E-state index in [9.17, 15) is 26.8 Å².